The molecule has 0 amide bonds. The van der Waals surface area contributed by atoms with E-state index in [0.29, 0.717) is 5.69 Å². The van der Waals surface area contributed by atoms with E-state index in [2.05, 4.69) is 9.88 Å². The molecule has 1 aliphatic rings. The van der Waals surface area contributed by atoms with Crippen molar-refractivity contribution >= 4 is 33.0 Å². The van der Waals surface area contributed by atoms with Gasteiger partial charge in [-0.05, 0) is 18.9 Å². The first kappa shape index (κ1) is 14.8. The van der Waals surface area contributed by atoms with Crippen LogP contribution in [0.4, 0.5) is 11.4 Å². The third-order valence-corrected chi connectivity index (χ3v) is 4.90. The Bertz CT molecular complexity index is 844. The summed E-state index contributed by atoms with van der Waals surface area (Å²) in [5.41, 5.74) is 0.234. The molecule has 1 aliphatic carbocycles. The molecular weight excluding hydrogens is 334 g/mol. The standard InChI is InChI=1S/C12H10ClN3O5S/c13-10-11(7-4-5-7)14-21-12(10)22(19,20)15-8-2-1-3-9(6-8)16(17)18/h1-3,6-7,15H,4-5H2. The lowest BCUT2D eigenvalue weighted by atomic mass is 10.3. The molecule has 0 unspecified atom stereocenters. The van der Waals surface area contributed by atoms with E-state index in [1.165, 1.54) is 18.2 Å². The molecule has 1 N–H and O–H groups in total. The van der Waals surface area contributed by atoms with Gasteiger partial charge < -0.3 is 4.52 Å². The molecule has 8 nitrogen and oxygen atoms in total. The summed E-state index contributed by atoms with van der Waals surface area (Å²) in [6.07, 6.45) is 1.79. The smallest absolute Gasteiger partial charge is 0.299 e. The quantitative estimate of drug-likeness (QED) is 0.659. The zero-order valence-corrected chi connectivity index (χ0v) is 12.6. The highest BCUT2D eigenvalue weighted by Crippen LogP contribution is 2.44. The van der Waals surface area contributed by atoms with E-state index < -0.39 is 20.0 Å². The van der Waals surface area contributed by atoms with Gasteiger partial charge in [-0.15, -0.1) is 0 Å². The van der Waals surface area contributed by atoms with Crippen LogP contribution < -0.4 is 4.72 Å². The lowest BCUT2D eigenvalue weighted by Crippen LogP contribution is -2.12. The van der Waals surface area contributed by atoms with Gasteiger partial charge in [-0.2, -0.15) is 8.42 Å². The first-order valence-electron chi connectivity index (χ1n) is 6.31. The maximum Gasteiger partial charge on any atom is 0.299 e. The monoisotopic (exact) mass is 343 g/mol. The third kappa shape index (κ3) is 2.77. The van der Waals surface area contributed by atoms with Crippen LogP contribution in [0.1, 0.15) is 24.5 Å². The summed E-state index contributed by atoms with van der Waals surface area (Å²) < 4.78 is 31.6. The lowest BCUT2D eigenvalue weighted by molar-refractivity contribution is -0.384. The number of sulfonamides is 1. The predicted molar refractivity (Wildman–Crippen MR) is 77.4 cm³/mol. The van der Waals surface area contributed by atoms with Crippen LogP contribution in [0.15, 0.2) is 33.9 Å². The second kappa shape index (κ2) is 5.25. The van der Waals surface area contributed by atoms with Crippen LogP contribution in [0.2, 0.25) is 5.02 Å². The van der Waals surface area contributed by atoms with Crippen LogP contribution in [0.5, 0.6) is 0 Å². The summed E-state index contributed by atoms with van der Waals surface area (Å²) in [6, 6.07) is 5.11. The van der Waals surface area contributed by atoms with Gasteiger partial charge in [0, 0.05) is 18.1 Å². The van der Waals surface area contributed by atoms with E-state index in [9.17, 15) is 18.5 Å². The summed E-state index contributed by atoms with van der Waals surface area (Å²) in [6.45, 7) is 0. The molecule has 1 aromatic carbocycles. The highest BCUT2D eigenvalue weighted by atomic mass is 35.5. The van der Waals surface area contributed by atoms with Gasteiger partial charge in [-0.1, -0.05) is 22.8 Å². The second-order valence-corrected chi connectivity index (χ2v) is 6.82. The van der Waals surface area contributed by atoms with Gasteiger partial charge in [0.1, 0.15) is 10.7 Å². The summed E-state index contributed by atoms with van der Waals surface area (Å²) in [7, 11) is -4.11. The molecular formula is C12H10ClN3O5S. The van der Waals surface area contributed by atoms with E-state index in [1.807, 2.05) is 0 Å². The summed E-state index contributed by atoms with van der Waals surface area (Å²) >= 11 is 6.01. The largest absolute Gasteiger partial charge is 0.341 e. The van der Waals surface area contributed by atoms with Crippen molar-refractivity contribution in [3.63, 3.8) is 0 Å². The van der Waals surface area contributed by atoms with Gasteiger partial charge >= 0.3 is 0 Å². The minimum atomic E-state index is -4.11. The topological polar surface area (TPSA) is 115 Å². The van der Waals surface area contributed by atoms with Gasteiger partial charge in [0.15, 0.2) is 0 Å². The van der Waals surface area contributed by atoms with Gasteiger partial charge in [0.05, 0.1) is 10.6 Å². The van der Waals surface area contributed by atoms with Crippen LogP contribution in [0, 0.1) is 10.1 Å². The third-order valence-electron chi connectivity index (χ3n) is 3.15. The second-order valence-electron chi connectivity index (χ2n) is 4.86. The Morgan fingerprint density at radius 3 is 2.77 bits per heavy atom. The van der Waals surface area contributed by atoms with E-state index in [4.69, 9.17) is 16.1 Å². The fourth-order valence-corrected chi connectivity index (χ4v) is 3.47. The average molecular weight is 344 g/mol. The molecule has 2 aromatic rings. The Kier molecular flexibility index (Phi) is 3.53. The first-order valence-corrected chi connectivity index (χ1v) is 8.17. The van der Waals surface area contributed by atoms with Crippen LogP contribution in [0.25, 0.3) is 0 Å². The highest BCUT2D eigenvalue weighted by molar-refractivity contribution is 7.92. The Labute approximate surface area is 130 Å². The van der Waals surface area contributed by atoms with E-state index in [0.717, 1.165) is 18.9 Å². The Morgan fingerprint density at radius 1 is 1.41 bits per heavy atom. The number of anilines is 1. The number of hydrogen-bond acceptors (Lipinski definition) is 6. The van der Waals surface area contributed by atoms with E-state index in [1.54, 1.807) is 0 Å². The van der Waals surface area contributed by atoms with Crippen molar-refractivity contribution in [3.05, 3.63) is 45.1 Å². The molecule has 22 heavy (non-hydrogen) atoms. The SMILES string of the molecule is O=[N+]([O-])c1cccc(NS(=O)(=O)c2onc(C3CC3)c2Cl)c1. The highest BCUT2D eigenvalue weighted by Gasteiger charge is 2.35. The van der Waals surface area contributed by atoms with Gasteiger partial charge in [-0.25, -0.2) is 0 Å². The lowest BCUT2D eigenvalue weighted by Gasteiger charge is -2.05. The van der Waals surface area contributed by atoms with Crippen molar-refractivity contribution in [2.75, 3.05) is 4.72 Å². The number of hydrogen-bond donors (Lipinski definition) is 1. The molecule has 1 fully saturated rings. The van der Waals surface area contributed by atoms with Crippen molar-refractivity contribution in [3.8, 4) is 0 Å². The van der Waals surface area contributed by atoms with Crippen molar-refractivity contribution in [1.82, 2.24) is 5.16 Å². The number of nitrogens with one attached hydrogen (secondary N) is 1. The number of aromatic nitrogens is 1. The molecule has 0 bridgehead atoms. The number of benzene rings is 1. The zero-order chi connectivity index (χ0) is 15.9. The fraction of sp³-hybridized carbons (Fsp3) is 0.250. The number of nitro groups is 1. The number of non-ortho nitro benzene ring substituents is 1. The molecule has 10 heteroatoms. The predicted octanol–water partition coefficient (Wildman–Crippen LogP) is 2.91. The molecule has 0 saturated heterocycles. The summed E-state index contributed by atoms with van der Waals surface area (Å²) in [5, 5.41) is 13.9. The Morgan fingerprint density at radius 2 is 2.14 bits per heavy atom. The van der Waals surface area contributed by atoms with Crippen molar-refractivity contribution < 1.29 is 17.9 Å². The molecule has 0 atom stereocenters. The minimum absolute atomic E-state index is 0.0367. The molecule has 0 spiro atoms. The molecule has 0 radical (unpaired) electrons. The minimum Gasteiger partial charge on any atom is -0.341 e. The number of nitro benzene ring substituents is 1. The molecule has 3 rings (SSSR count). The van der Waals surface area contributed by atoms with Crippen molar-refractivity contribution in [2.24, 2.45) is 0 Å². The van der Waals surface area contributed by atoms with Gasteiger partial charge in [0.25, 0.3) is 20.8 Å². The summed E-state index contributed by atoms with van der Waals surface area (Å²) in [5.74, 6) is 0.137. The number of rotatable bonds is 5. The normalized spacial score (nSPS) is 14.8. The molecule has 0 aliphatic heterocycles. The number of halogens is 1. The zero-order valence-electron chi connectivity index (χ0n) is 11.0. The number of nitrogens with zero attached hydrogens (tertiary/aromatic N) is 2. The Hall–Kier alpha value is -2.13. The van der Waals surface area contributed by atoms with E-state index >= 15 is 0 Å². The van der Waals surface area contributed by atoms with E-state index in [-0.39, 0.29) is 22.3 Å². The van der Waals surface area contributed by atoms with Crippen LogP contribution in [-0.2, 0) is 10.0 Å². The maximum absolute atomic E-state index is 12.3. The first-order chi connectivity index (χ1) is 10.4. The fourth-order valence-electron chi connectivity index (χ4n) is 1.94. The molecule has 1 aromatic heterocycles. The summed E-state index contributed by atoms with van der Waals surface area (Å²) in [4.78, 5) is 10.1. The molecule has 1 heterocycles. The molecule has 1 saturated carbocycles. The Balaban J connectivity index is 1.90. The van der Waals surface area contributed by atoms with Crippen LogP contribution >= 0.6 is 11.6 Å². The van der Waals surface area contributed by atoms with Gasteiger partial charge in [0.2, 0.25) is 0 Å². The van der Waals surface area contributed by atoms with Crippen LogP contribution in [-0.4, -0.2) is 18.5 Å². The average Bonchev–Trinajstić information content (AvgIpc) is 3.21. The molecule has 116 valence electrons. The van der Waals surface area contributed by atoms with Crippen molar-refractivity contribution in [2.45, 2.75) is 23.9 Å². The maximum atomic E-state index is 12.3. The van der Waals surface area contributed by atoms with Gasteiger partial charge in [-0.3, -0.25) is 14.8 Å². The van der Waals surface area contributed by atoms with Crippen molar-refractivity contribution in [1.29, 1.82) is 0 Å². The van der Waals surface area contributed by atoms with Crippen LogP contribution in [0.3, 0.4) is 0 Å².